The highest BCUT2D eigenvalue weighted by atomic mass is 16.4. The second-order valence-electron chi connectivity index (χ2n) is 4.20. The third-order valence-electron chi connectivity index (χ3n) is 2.90. The first-order chi connectivity index (χ1) is 8.66. The van der Waals surface area contributed by atoms with Gasteiger partial charge in [-0.15, -0.1) is 0 Å². The molecule has 1 amide bonds. The van der Waals surface area contributed by atoms with E-state index in [2.05, 4.69) is 10.3 Å². The smallest absolute Gasteiger partial charge is 0.305 e. The number of rotatable bonds is 4. The molecule has 1 aromatic rings. The molecule has 0 aromatic carbocycles. The number of carboxylic acid groups (broad SMARTS) is 1. The molecule has 1 aliphatic rings. The van der Waals surface area contributed by atoms with Crippen molar-refractivity contribution >= 4 is 11.9 Å². The first-order valence-corrected chi connectivity index (χ1v) is 5.80. The van der Waals surface area contributed by atoms with E-state index in [-0.39, 0.29) is 12.3 Å². The molecule has 1 saturated heterocycles. The van der Waals surface area contributed by atoms with Crippen LogP contribution in [0.25, 0.3) is 0 Å². The summed E-state index contributed by atoms with van der Waals surface area (Å²) in [7, 11) is 0. The van der Waals surface area contributed by atoms with Gasteiger partial charge in [0, 0.05) is 25.8 Å². The zero-order chi connectivity index (χ0) is 13.0. The number of aliphatic carboxylic acids is 1. The van der Waals surface area contributed by atoms with Crippen LogP contribution in [0.2, 0.25) is 0 Å². The third kappa shape index (κ3) is 3.04. The zero-order valence-electron chi connectivity index (χ0n) is 9.87. The van der Waals surface area contributed by atoms with Gasteiger partial charge in [-0.2, -0.15) is 0 Å². The lowest BCUT2D eigenvalue weighted by Crippen LogP contribution is -2.55. The van der Waals surface area contributed by atoms with Gasteiger partial charge in [0.05, 0.1) is 12.1 Å². The van der Waals surface area contributed by atoms with E-state index in [0.717, 1.165) is 5.69 Å². The molecule has 1 aromatic heterocycles. The molecule has 0 aliphatic carbocycles. The Morgan fingerprint density at radius 2 is 2.39 bits per heavy atom. The summed E-state index contributed by atoms with van der Waals surface area (Å²) in [6.45, 7) is 1.67. The first-order valence-electron chi connectivity index (χ1n) is 5.80. The molecular formula is C12H15N3O3. The summed E-state index contributed by atoms with van der Waals surface area (Å²) < 4.78 is 0. The van der Waals surface area contributed by atoms with Crippen molar-refractivity contribution in [3.8, 4) is 0 Å². The summed E-state index contributed by atoms with van der Waals surface area (Å²) in [6, 6.07) is 4.95. The quantitative estimate of drug-likeness (QED) is 0.776. The predicted octanol–water partition coefficient (Wildman–Crippen LogP) is -0.143. The van der Waals surface area contributed by atoms with Crippen LogP contribution in [0.5, 0.6) is 0 Å². The molecule has 0 bridgehead atoms. The summed E-state index contributed by atoms with van der Waals surface area (Å²) in [5.41, 5.74) is 0.836. The monoisotopic (exact) mass is 249 g/mol. The van der Waals surface area contributed by atoms with Crippen LogP contribution >= 0.6 is 0 Å². The van der Waals surface area contributed by atoms with Crippen molar-refractivity contribution < 1.29 is 14.7 Å². The normalized spacial score (nSPS) is 20.4. The molecule has 6 heteroatoms. The lowest BCUT2D eigenvalue weighted by molar-refractivity contribution is -0.143. The van der Waals surface area contributed by atoms with Crippen molar-refractivity contribution in [1.82, 2.24) is 15.2 Å². The van der Waals surface area contributed by atoms with Gasteiger partial charge in [-0.3, -0.25) is 19.5 Å². The minimum absolute atomic E-state index is 0.182. The maximum atomic E-state index is 11.7. The highest BCUT2D eigenvalue weighted by Gasteiger charge is 2.31. The van der Waals surface area contributed by atoms with Crippen LogP contribution < -0.4 is 5.32 Å². The molecule has 6 nitrogen and oxygen atoms in total. The van der Waals surface area contributed by atoms with Crippen molar-refractivity contribution in [3.63, 3.8) is 0 Å². The Morgan fingerprint density at radius 3 is 3.06 bits per heavy atom. The van der Waals surface area contributed by atoms with Crippen LogP contribution in [-0.2, 0) is 16.1 Å². The van der Waals surface area contributed by atoms with Gasteiger partial charge in [0.2, 0.25) is 5.91 Å². The molecule has 0 radical (unpaired) electrons. The Bertz CT molecular complexity index is 435. The largest absolute Gasteiger partial charge is 0.481 e. The van der Waals surface area contributed by atoms with Gasteiger partial charge in [-0.25, -0.2) is 0 Å². The van der Waals surface area contributed by atoms with E-state index in [1.807, 2.05) is 23.1 Å². The molecule has 1 aliphatic heterocycles. The molecule has 2 rings (SSSR count). The number of hydrogen-bond donors (Lipinski definition) is 2. The highest BCUT2D eigenvalue weighted by molar-refractivity contribution is 5.86. The van der Waals surface area contributed by atoms with E-state index < -0.39 is 12.0 Å². The second kappa shape index (κ2) is 5.59. The van der Waals surface area contributed by atoms with E-state index in [0.29, 0.717) is 19.6 Å². The molecule has 0 unspecified atom stereocenters. The number of nitrogens with zero attached hydrogens (tertiary/aromatic N) is 2. The van der Waals surface area contributed by atoms with E-state index >= 15 is 0 Å². The molecule has 96 valence electrons. The molecular weight excluding hydrogens is 234 g/mol. The van der Waals surface area contributed by atoms with E-state index in [4.69, 9.17) is 5.11 Å². The standard InChI is InChI=1S/C12H15N3O3/c16-11(17)7-10-12(18)14-5-6-15(10)8-9-3-1-2-4-13-9/h1-4,10H,5-8H2,(H,14,18)(H,16,17)/t10-/m1/s1. The van der Waals surface area contributed by atoms with Crippen molar-refractivity contribution in [2.24, 2.45) is 0 Å². The molecule has 2 heterocycles. The highest BCUT2D eigenvalue weighted by Crippen LogP contribution is 2.12. The zero-order valence-corrected chi connectivity index (χ0v) is 9.87. The molecule has 1 atom stereocenters. The molecule has 0 spiro atoms. The number of nitrogens with one attached hydrogen (secondary N) is 1. The van der Waals surface area contributed by atoms with Crippen LogP contribution in [0.1, 0.15) is 12.1 Å². The number of piperazine rings is 1. The topological polar surface area (TPSA) is 82.5 Å². The number of carboxylic acids is 1. The number of pyridine rings is 1. The van der Waals surface area contributed by atoms with Crippen LogP contribution in [0, 0.1) is 0 Å². The lowest BCUT2D eigenvalue weighted by atomic mass is 10.1. The van der Waals surface area contributed by atoms with Gasteiger partial charge in [-0.05, 0) is 12.1 Å². The summed E-state index contributed by atoms with van der Waals surface area (Å²) in [5, 5.41) is 11.5. The summed E-state index contributed by atoms with van der Waals surface area (Å²) >= 11 is 0. The van der Waals surface area contributed by atoms with Gasteiger partial charge < -0.3 is 10.4 Å². The van der Waals surface area contributed by atoms with Crippen molar-refractivity contribution in [3.05, 3.63) is 30.1 Å². The fourth-order valence-corrected chi connectivity index (χ4v) is 2.04. The lowest BCUT2D eigenvalue weighted by Gasteiger charge is -2.33. The summed E-state index contributed by atoms with van der Waals surface area (Å²) in [5.74, 6) is -1.19. The number of hydrogen-bond acceptors (Lipinski definition) is 4. The molecule has 2 N–H and O–H groups in total. The Balaban J connectivity index is 2.08. The fraction of sp³-hybridized carbons (Fsp3) is 0.417. The van der Waals surface area contributed by atoms with Crippen molar-refractivity contribution in [1.29, 1.82) is 0 Å². The number of amides is 1. The van der Waals surface area contributed by atoms with Crippen molar-refractivity contribution in [2.75, 3.05) is 13.1 Å². The fourth-order valence-electron chi connectivity index (χ4n) is 2.04. The average molecular weight is 249 g/mol. The van der Waals surface area contributed by atoms with Gasteiger partial charge in [-0.1, -0.05) is 6.07 Å². The van der Waals surface area contributed by atoms with E-state index in [1.54, 1.807) is 6.20 Å². The van der Waals surface area contributed by atoms with Gasteiger partial charge in [0.15, 0.2) is 0 Å². The summed E-state index contributed by atoms with van der Waals surface area (Å²) in [6.07, 6.45) is 1.50. The Kier molecular flexibility index (Phi) is 3.88. The maximum Gasteiger partial charge on any atom is 0.305 e. The van der Waals surface area contributed by atoms with E-state index in [1.165, 1.54) is 0 Å². The minimum atomic E-state index is -0.969. The number of carbonyl (C=O) groups excluding carboxylic acids is 1. The number of aromatic nitrogens is 1. The van der Waals surface area contributed by atoms with E-state index in [9.17, 15) is 9.59 Å². The first kappa shape index (κ1) is 12.5. The van der Waals surface area contributed by atoms with Gasteiger partial charge in [0.1, 0.15) is 6.04 Å². The van der Waals surface area contributed by atoms with Crippen LogP contribution in [-0.4, -0.2) is 46.0 Å². The minimum Gasteiger partial charge on any atom is -0.481 e. The Labute approximate surface area is 105 Å². The summed E-state index contributed by atoms with van der Waals surface area (Å²) in [4.78, 5) is 28.5. The van der Waals surface area contributed by atoms with Crippen LogP contribution in [0.15, 0.2) is 24.4 Å². The second-order valence-corrected chi connectivity index (χ2v) is 4.20. The third-order valence-corrected chi connectivity index (χ3v) is 2.90. The molecule has 1 fully saturated rings. The average Bonchev–Trinajstić information content (AvgIpc) is 2.34. The van der Waals surface area contributed by atoms with Gasteiger partial charge >= 0.3 is 5.97 Å². The maximum absolute atomic E-state index is 11.7. The van der Waals surface area contributed by atoms with Crippen LogP contribution in [0.4, 0.5) is 0 Å². The number of carbonyl (C=O) groups is 2. The molecule has 0 saturated carbocycles. The van der Waals surface area contributed by atoms with Crippen molar-refractivity contribution in [2.45, 2.75) is 19.0 Å². The SMILES string of the molecule is O=C(O)C[C@@H]1C(=O)NCCN1Cc1ccccn1. The Hall–Kier alpha value is -1.95. The van der Waals surface area contributed by atoms with Crippen LogP contribution in [0.3, 0.4) is 0 Å². The van der Waals surface area contributed by atoms with Gasteiger partial charge in [0.25, 0.3) is 0 Å². The Morgan fingerprint density at radius 1 is 1.56 bits per heavy atom. The predicted molar refractivity (Wildman–Crippen MR) is 63.7 cm³/mol. The molecule has 18 heavy (non-hydrogen) atoms.